The summed E-state index contributed by atoms with van der Waals surface area (Å²) in [6, 6.07) is 4.10. The van der Waals surface area contributed by atoms with E-state index in [0.29, 0.717) is 28.6 Å². The molecular weight excluding hydrogens is 363 g/mol. The molecule has 6 nitrogen and oxygen atoms in total. The molecule has 0 saturated heterocycles. The first kappa shape index (κ1) is 19.1. The van der Waals surface area contributed by atoms with Crippen molar-refractivity contribution in [3.63, 3.8) is 0 Å². The van der Waals surface area contributed by atoms with Gasteiger partial charge in [-0.3, -0.25) is 0 Å². The highest BCUT2D eigenvalue weighted by molar-refractivity contribution is 5.73. The van der Waals surface area contributed by atoms with E-state index in [4.69, 9.17) is 9.47 Å². The van der Waals surface area contributed by atoms with E-state index in [2.05, 4.69) is 33.9 Å². The minimum atomic E-state index is -4.76. The van der Waals surface area contributed by atoms with Crippen molar-refractivity contribution in [2.75, 3.05) is 12.4 Å². The number of ether oxygens (including phenoxy) is 3. The van der Waals surface area contributed by atoms with Gasteiger partial charge in [-0.25, -0.2) is 9.97 Å². The number of hydrogen-bond donors (Lipinski definition) is 1. The molecule has 0 atom stereocenters. The lowest BCUT2D eigenvalue weighted by Gasteiger charge is -2.23. The highest BCUT2D eigenvalue weighted by Gasteiger charge is 2.32. The topological polar surface area (TPSA) is 65.5 Å². The van der Waals surface area contributed by atoms with E-state index >= 15 is 0 Å². The van der Waals surface area contributed by atoms with E-state index < -0.39 is 6.36 Å². The van der Waals surface area contributed by atoms with Crippen molar-refractivity contribution < 1.29 is 27.4 Å². The Labute approximate surface area is 154 Å². The molecule has 0 saturated carbocycles. The quantitative estimate of drug-likeness (QED) is 0.790. The summed E-state index contributed by atoms with van der Waals surface area (Å²) in [6.07, 6.45) is -2.93. The van der Waals surface area contributed by atoms with Gasteiger partial charge in [-0.1, -0.05) is 13.8 Å². The lowest BCUT2D eigenvalue weighted by Crippen LogP contribution is -2.21. The smallest absolute Gasteiger partial charge is 0.486 e. The van der Waals surface area contributed by atoms with Crippen LogP contribution in [0, 0.1) is 0 Å². The van der Waals surface area contributed by atoms with Crippen molar-refractivity contribution >= 4 is 5.82 Å². The molecule has 1 aliphatic rings. The van der Waals surface area contributed by atoms with Gasteiger partial charge < -0.3 is 19.5 Å². The van der Waals surface area contributed by atoms with Crippen LogP contribution in [0.5, 0.6) is 17.4 Å². The van der Waals surface area contributed by atoms with Crippen LogP contribution in [0.4, 0.5) is 19.0 Å². The second kappa shape index (κ2) is 7.50. The zero-order valence-corrected chi connectivity index (χ0v) is 15.2. The lowest BCUT2D eigenvalue weighted by atomic mass is 10.1. The molecule has 0 amide bonds. The second-order valence-electron chi connectivity index (χ2n) is 6.03. The molecule has 2 aromatic rings. The SMILES string of the molecule is CCC(CC)Nc1nc2c(nc1OC)-c1ccc(OC(F)(F)F)cc1OC2. The zero-order chi connectivity index (χ0) is 19.6. The van der Waals surface area contributed by atoms with Crippen LogP contribution in [0.2, 0.25) is 0 Å². The fourth-order valence-electron chi connectivity index (χ4n) is 2.85. The zero-order valence-electron chi connectivity index (χ0n) is 15.2. The number of hydrogen-bond acceptors (Lipinski definition) is 6. The first-order valence-electron chi connectivity index (χ1n) is 8.59. The van der Waals surface area contributed by atoms with E-state index in [1.165, 1.54) is 25.3 Å². The Kier molecular flexibility index (Phi) is 5.29. The van der Waals surface area contributed by atoms with Crippen molar-refractivity contribution in [2.24, 2.45) is 0 Å². The Morgan fingerprint density at radius 2 is 1.96 bits per heavy atom. The first-order chi connectivity index (χ1) is 12.8. The van der Waals surface area contributed by atoms with Gasteiger partial charge in [0.05, 0.1) is 7.11 Å². The average Bonchev–Trinajstić information content (AvgIpc) is 2.63. The maximum absolute atomic E-state index is 12.4. The Morgan fingerprint density at radius 3 is 2.59 bits per heavy atom. The number of fused-ring (bicyclic) bond motifs is 3. The van der Waals surface area contributed by atoms with E-state index in [1.807, 2.05) is 0 Å². The van der Waals surface area contributed by atoms with Crippen LogP contribution < -0.4 is 19.5 Å². The van der Waals surface area contributed by atoms with Crippen LogP contribution in [0.3, 0.4) is 0 Å². The second-order valence-corrected chi connectivity index (χ2v) is 6.03. The van der Waals surface area contributed by atoms with Crippen LogP contribution in [-0.4, -0.2) is 29.5 Å². The van der Waals surface area contributed by atoms with E-state index in [9.17, 15) is 13.2 Å². The lowest BCUT2D eigenvalue weighted by molar-refractivity contribution is -0.274. The molecule has 3 rings (SSSR count). The predicted molar refractivity (Wildman–Crippen MR) is 93.0 cm³/mol. The predicted octanol–water partition coefficient (Wildman–Crippen LogP) is 4.54. The number of nitrogens with one attached hydrogen (secondary N) is 1. The third-order valence-electron chi connectivity index (χ3n) is 4.26. The van der Waals surface area contributed by atoms with Gasteiger partial charge in [-0.2, -0.15) is 0 Å². The van der Waals surface area contributed by atoms with Crippen LogP contribution in [0.1, 0.15) is 32.4 Å². The summed E-state index contributed by atoms with van der Waals surface area (Å²) in [5.41, 5.74) is 1.63. The van der Waals surface area contributed by atoms with Gasteiger partial charge in [0.1, 0.15) is 29.5 Å². The molecule has 0 bridgehead atoms. The number of rotatable bonds is 6. The fraction of sp³-hybridized carbons (Fsp3) is 0.444. The highest BCUT2D eigenvalue weighted by Crippen LogP contribution is 2.40. The van der Waals surface area contributed by atoms with Gasteiger partial charge in [0.25, 0.3) is 5.88 Å². The minimum absolute atomic E-state index is 0.0897. The Balaban J connectivity index is 1.97. The molecule has 1 aliphatic heterocycles. The number of halogens is 3. The average molecular weight is 383 g/mol. The largest absolute Gasteiger partial charge is 0.573 e. The third kappa shape index (κ3) is 4.17. The number of anilines is 1. The van der Waals surface area contributed by atoms with E-state index in [-0.39, 0.29) is 24.1 Å². The van der Waals surface area contributed by atoms with Crippen LogP contribution in [0.25, 0.3) is 11.3 Å². The number of methoxy groups -OCH3 is 1. The van der Waals surface area contributed by atoms with Crippen molar-refractivity contribution in [3.05, 3.63) is 23.9 Å². The van der Waals surface area contributed by atoms with Gasteiger partial charge in [-0.05, 0) is 25.0 Å². The summed E-state index contributed by atoms with van der Waals surface area (Å²) < 4.78 is 52.1. The summed E-state index contributed by atoms with van der Waals surface area (Å²) in [7, 11) is 1.50. The molecule has 27 heavy (non-hydrogen) atoms. The Bertz CT molecular complexity index is 823. The molecule has 0 spiro atoms. The third-order valence-corrected chi connectivity index (χ3v) is 4.26. The summed E-state index contributed by atoms with van der Waals surface area (Å²) in [5.74, 6) is 0.746. The summed E-state index contributed by atoms with van der Waals surface area (Å²) in [4.78, 5) is 9.07. The summed E-state index contributed by atoms with van der Waals surface area (Å²) >= 11 is 0. The van der Waals surface area contributed by atoms with Gasteiger partial charge in [0, 0.05) is 17.7 Å². The molecule has 9 heteroatoms. The molecule has 1 aromatic heterocycles. The number of alkyl halides is 3. The minimum Gasteiger partial charge on any atom is -0.486 e. The monoisotopic (exact) mass is 383 g/mol. The van der Waals surface area contributed by atoms with Gasteiger partial charge in [0.2, 0.25) is 0 Å². The fourth-order valence-corrected chi connectivity index (χ4v) is 2.85. The first-order valence-corrected chi connectivity index (χ1v) is 8.59. The van der Waals surface area contributed by atoms with Gasteiger partial charge in [0.15, 0.2) is 5.82 Å². The molecule has 146 valence electrons. The molecular formula is C18H20F3N3O3. The molecule has 1 aromatic carbocycles. The maximum Gasteiger partial charge on any atom is 0.573 e. The number of benzene rings is 1. The Hall–Kier alpha value is -2.71. The maximum atomic E-state index is 12.4. The van der Waals surface area contributed by atoms with E-state index in [0.717, 1.165) is 12.8 Å². The molecule has 0 aliphatic carbocycles. The Morgan fingerprint density at radius 1 is 1.22 bits per heavy atom. The molecule has 2 heterocycles. The van der Waals surface area contributed by atoms with Crippen molar-refractivity contribution in [3.8, 4) is 28.6 Å². The highest BCUT2D eigenvalue weighted by atomic mass is 19.4. The summed E-state index contributed by atoms with van der Waals surface area (Å²) in [5, 5.41) is 3.31. The number of nitrogens with zero attached hydrogens (tertiary/aromatic N) is 2. The molecule has 0 unspecified atom stereocenters. The van der Waals surface area contributed by atoms with Crippen molar-refractivity contribution in [2.45, 2.75) is 45.7 Å². The van der Waals surface area contributed by atoms with Crippen molar-refractivity contribution in [1.82, 2.24) is 9.97 Å². The van der Waals surface area contributed by atoms with Crippen LogP contribution in [-0.2, 0) is 6.61 Å². The number of aromatic nitrogens is 2. The standard InChI is InChI=1S/C18H20F3N3O3/c1-4-10(5-2)22-16-17(25-3)24-15-12-7-6-11(27-18(19,20)21)8-14(12)26-9-13(15)23-16/h6-8,10H,4-5,9H2,1-3H3,(H,22,23). The molecule has 1 N–H and O–H groups in total. The summed E-state index contributed by atoms with van der Waals surface area (Å²) in [6.45, 7) is 4.23. The van der Waals surface area contributed by atoms with Crippen LogP contribution in [0.15, 0.2) is 18.2 Å². The van der Waals surface area contributed by atoms with Crippen LogP contribution >= 0.6 is 0 Å². The normalized spacial score (nSPS) is 12.9. The van der Waals surface area contributed by atoms with Crippen molar-refractivity contribution in [1.29, 1.82) is 0 Å². The van der Waals surface area contributed by atoms with Gasteiger partial charge >= 0.3 is 6.36 Å². The van der Waals surface area contributed by atoms with Gasteiger partial charge in [-0.15, -0.1) is 13.2 Å². The molecule has 0 fully saturated rings. The molecule has 0 radical (unpaired) electrons. The van der Waals surface area contributed by atoms with E-state index in [1.54, 1.807) is 0 Å².